The Morgan fingerprint density at radius 3 is 2.48 bits per heavy atom. The standard InChI is InChI=1S/C15H13N3O2S/c16-11-6-7-14(21(17,19)20)13(9-11)12-5-1-3-10-4-2-8-18-15(10)12/h1-9H,16H2,(H2,17,19,20). The summed E-state index contributed by atoms with van der Waals surface area (Å²) in [5, 5.41) is 6.21. The predicted molar refractivity (Wildman–Crippen MR) is 83.0 cm³/mol. The molecule has 5 nitrogen and oxygen atoms in total. The lowest BCUT2D eigenvalue weighted by atomic mass is 10.0. The SMILES string of the molecule is Nc1ccc(S(N)(=O)=O)c(-c2cccc3cccnc23)c1. The zero-order valence-electron chi connectivity index (χ0n) is 11.0. The Bertz CT molecular complexity index is 931. The van der Waals surface area contributed by atoms with E-state index in [9.17, 15) is 8.42 Å². The molecule has 0 radical (unpaired) electrons. The summed E-state index contributed by atoms with van der Waals surface area (Å²) >= 11 is 0. The molecule has 2 aromatic carbocycles. The molecule has 0 aliphatic rings. The van der Waals surface area contributed by atoms with Crippen LogP contribution >= 0.6 is 0 Å². The summed E-state index contributed by atoms with van der Waals surface area (Å²) in [5.74, 6) is 0. The van der Waals surface area contributed by atoms with E-state index in [2.05, 4.69) is 4.98 Å². The number of hydrogen-bond acceptors (Lipinski definition) is 4. The minimum atomic E-state index is -3.85. The second-order valence-corrected chi connectivity index (χ2v) is 6.21. The molecule has 1 heterocycles. The van der Waals surface area contributed by atoms with Crippen molar-refractivity contribution in [3.05, 3.63) is 54.7 Å². The maximum Gasteiger partial charge on any atom is 0.238 e. The van der Waals surface area contributed by atoms with Crippen molar-refractivity contribution in [2.45, 2.75) is 4.90 Å². The highest BCUT2D eigenvalue weighted by Crippen LogP contribution is 2.32. The first kappa shape index (κ1) is 13.5. The van der Waals surface area contributed by atoms with Crippen molar-refractivity contribution < 1.29 is 8.42 Å². The van der Waals surface area contributed by atoms with Gasteiger partial charge in [0.05, 0.1) is 10.4 Å². The van der Waals surface area contributed by atoms with Crippen LogP contribution < -0.4 is 10.9 Å². The summed E-state index contributed by atoms with van der Waals surface area (Å²) in [4.78, 5) is 4.37. The van der Waals surface area contributed by atoms with Crippen molar-refractivity contribution in [2.75, 3.05) is 5.73 Å². The quantitative estimate of drug-likeness (QED) is 0.708. The minimum Gasteiger partial charge on any atom is -0.399 e. The van der Waals surface area contributed by atoms with E-state index in [4.69, 9.17) is 10.9 Å². The number of nitrogens with zero attached hydrogens (tertiary/aromatic N) is 1. The van der Waals surface area contributed by atoms with E-state index >= 15 is 0 Å². The van der Waals surface area contributed by atoms with Gasteiger partial charge in [-0.15, -0.1) is 0 Å². The molecule has 21 heavy (non-hydrogen) atoms. The van der Waals surface area contributed by atoms with E-state index in [0.29, 0.717) is 22.3 Å². The van der Waals surface area contributed by atoms with Crippen LogP contribution in [-0.4, -0.2) is 13.4 Å². The first-order chi connectivity index (χ1) is 9.97. The molecule has 0 spiro atoms. The molecule has 1 aromatic heterocycles. The lowest BCUT2D eigenvalue weighted by Gasteiger charge is -2.11. The molecule has 106 valence electrons. The number of primary sulfonamides is 1. The maximum absolute atomic E-state index is 11.8. The Hall–Kier alpha value is -2.44. The first-order valence-corrected chi connectivity index (χ1v) is 7.78. The summed E-state index contributed by atoms with van der Waals surface area (Å²) in [6.45, 7) is 0. The number of aromatic nitrogens is 1. The van der Waals surface area contributed by atoms with Gasteiger partial charge in [-0.3, -0.25) is 4.98 Å². The van der Waals surface area contributed by atoms with Crippen molar-refractivity contribution in [1.29, 1.82) is 0 Å². The summed E-state index contributed by atoms with van der Waals surface area (Å²) in [6.07, 6.45) is 1.66. The average Bonchev–Trinajstić information content (AvgIpc) is 2.45. The fraction of sp³-hybridized carbons (Fsp3) is 0. The molecule has 0 atom stereocenters. The van der Waals surface area contributed by atoms with E-state index in [0.717, 1.165) is 5.39 Å². The van der Waals surface area contributed by atoms with Crippen LogP contribution in [0.3, 0.4) is 0 Å². The number of rotatable bonds is 2. The molecule has 6 heteroatoms. The van der Waals surface area contributed by atoms with Crippen molar-refractivity contribution >= 4 is 26.6 Å². The summed E-state index contributed by atoms with van der Waals surface area (Å²) in [6, 6.07) is 13.8. The van der Waals surface area contributed by atoms with Gasteiger partial charge in [0.15, 0.2) is 0 Å². The van der Waals surface area contributed by atoms with E-state index < -0.39 is 10.0 Å². The lowest BCUT2D eigenvalue weighted by molar-refractivity contribution is 0.598. The second-order valence-electron chi connectivity index (χ2n) is 4.68. The van der Waals surface area contributed by atoms with E-state index in [1.807, 2.05) is 24.3 Å². The highest BCUT2D eigenvalue weighted by molar-refractivity contribution is 7.89. The molecule has 3 aromatic rings. The van der Waals surface area contributed by atoms with Crippen LogP contribution in [0.1, 0.15) is 0 Å². The molecular formula is C15H13N3O2S. The van der Waals surface area contributed by atoms with Gasteiger partial charge in [-0.2, -0.15) is 0 Å². The third kappa shape index (κ3) is 2.46. The van der Waals surface area contributed by atoms with Crippen molar-refractivity contribution in [3.63, 3.8) is 0 Å². The van der Waals surface area contributed by atoms with Crippen LogP contribution in [-0.2, 0) is 10.0 Å². The molecule has 0 unspecified atom stereocenters. The molecule has 0 aliphatic heterocycles. The minimum absolute atomic E-state index is 0.0369. The van der Waals surface area contributed by atoms with E-state index in [1.165, 1.54) is 12.1 Å². The third-order valence-corrected chi connectivity index (χ3v) is 4.20. The third-order valence-electron chi connectivity index (χ3n) is 3.23. The normalized spacial score (nSPS) is 11.7. The van der Waals surface area contributed by atoms with E-state index in [-0.39, 0.29) is 4.90 Å². The van der Waals surface area contributed by atoms with Crippen LogP contribution in [0.4, 0.5) is 5.69 Å². The van der Waals surface area contributed by atoms with Crippen molar-refractivity contribution in [3.8, 4) is 11.1 Å². The number of nitrogen functional groups attached to an aromatic ring is 1. The van der Waals surface area contributed by atoms with Crippen LogP contribution in [0, 0.1) is 0 Å². The Balaban J connectivity index is 2.41. The molecule has 0 saturated heterocycles. The number of pyridine rings is 1. The van der Waals surface area contributed by atoms with Crippen LogP contribution in [0.25, 0.3) is 22.0 Å². The van der Waals surface area contributed by atoms with Crippen LogP contribution in [0.5, 0.6) is 0 Å². The number of hydrogen-bond donors (Lipinski definition) is 2. The van der Waals surface area contributed by atoms with Crippen LogP contribution in [0.15, 0.2) is 59.6 Å². The molecule has 0 aliphatic carbocycles. The molecule has 0 saturated carbocycles. The zero-order chi connectivity index (χ0) is 15.0. The number of sulfonamides is 1. The fourth-order valence-electron chi connectivity index (χ4n) is 2.33. The number of benzene rings is 2. The van der Waals surface area contributed by atoms with Crippen molar-refractivity contribution in [1.82, 2.24) is 4.98 Å². The first-order valence-electron chi connectivity index (χ1n) is 6.23. The summed E-state index contributed by atoms with van der Waals surface area (Å²) < 4.78 is 23.6. The Kier molecular flexibility index (Phi) is 3.12. The van der Waals surface area contributed by atoms with Gasteiger partial charge in [-0.25, -0.2) is 13.6 Å². The Labute approximate surface area is 122 Å². The summed E-state index contributed by atoms with van der Waals surface area (Å²) in [7, 11) is -3.85. The second kappa shape index (κ2) is 4.83. The average molecular weight is 299 g/mol. The van der Waals surface area contributed by atoms with Gasteiger partial charge in [0.1, 0.15) is 0 Å². The van der Waals surface area contributed by atoms with Gasteiger partial charge in [-0.05, 0) is 24.3 Å². The number of nitrogens with two attached hydrogens (primary N) is 2. The highest BCUT2D eigenvalue weighted by atomic mass is 32.2. The fourth-order valence-corrected chi connectivity index (χ4v) is 3.06. The smallest absolute Gasteiger partial charge is 0.238 e. The molecule has 4 N–H and O–H groups in total. The lowest BCUT2D eigenvalue weighted by Crippen LogP contribution is -2.13. The van der Waals surface area contributed by atoms with Gasteiger partial charge < -0.3 is 5.73 Å². The number of anilines is 1. The monoisotopic (exact) mass is 299 g/mol. The van der Waals surface area contributed by atoms with Crippen molar-refractivity contribution in [2.24, 2.45) is 5.14 Å². The maximum atomic E-state index is 11.8. The van der Waals surface area contributed by atoms with E-state index in [1.54, 1.807) is 18.3 Å². The zero-order valence-corrected chi connectivity index (χ0v) is 11.8. The highest BCUT2D eigenvalue weighted by Gasteiger charge is 2.17. The molecule has 3 rings (SSSR count). The molecule has 0 bridgehead atoms. The topological polar surface area (TPSA) is 99.1 Å². The van der Waals surface area contributed by atoms with Gasteiger partial charge in [0, 0.05) is 28.4 Å². The van der Waals surface area contributed by atoms with Gasteiger partial charge >= 0.3 is 0 Å². The summed E-state index contributed by atoms with van der Waals surface area (Å²) in [5.41, 5.74) is 8.11. The number of fused-ring (bicyclic) bond motifs is 1. The van der Waals surface area contributed by atoms with Gasteiger partial charge in [0.2, 0.25) is 10.0 Å². The molecule has 0 fully saturated rings. The van der Waals surface area contributed by atoms with Gasteiger partial charge in [-0.1, -0.05) is 24.3 Å². The van der Waals surface area contributed by atoms with Crippen LogP contribution in [0.2, 0.25) is 0 Å². The predicted octanol–water partition coefficient (Wildman–Crippen LogP) is 2.13. The molecular weight excluding hydrogens is 286 g/mol. The largest absolute Gasteiger partial charge is 0.399 e. The van der Waals surface area contributed by atoms with Gasteiger partial charge in [0.25, 0.3) is 0 Å². The number of para-hydroxylation sites is 1. The Morgan fingerprint density at radius 1 is 0.952 bits per heavy atom. The molecule has 0 amide bonds. The Morgan fingerprint density at radius 2 is 1.71 bits per heavy atom.